The lowest BCUT2D eigenvalue weighted by Crippen LogP contribution is -2.08. The van der Waals surface area contributed by atoms with Gasteiger partial charge >= 0.3 is 0 Å². The number of aryl methyl sites for hydroxylation is 6. The molecule has 22 heavy (non-hydrogen) atoms. The van der Waals surface area contributed by atoms with Crippen molar-refractivity contribution >= 4 is 23.2 Å². The molecule has 0 nitrogen and oxygen atoms in total. The maximum Gasteiger partial charge on any atom is 0.0795 e. The number of hydrogen-bond acceptors (Lipinski definition) is 0. The summed E-state index contributed by atoms with van der Waals surface area (Å²) in [5.41, 5.74) is 9.69. The van der Waals surface area contributed by atoms with Gasteiger partial charge in [0.25, 0.3) is 0 Å². The smallest absolute Gasteiger partial charge is 0.0795 e. The van der Waals surface area contributed by atoms with Crippen LogP contribution in [0.5, 0.6) is 0 Å². The second-order valence-corrected chi connectivity index (χ2v) is 7.37. The lowest BCUT2D eigenvalue weighted by Gasteiger charge is -2.24. The summed E-state index contributed by atoms with van der Waals surface area (Å²) in [6, 6.07) is 8.71. The molecule has 2 atom stereocenters. The third kappa shape index (κ3) is 3.34. The van der Waals surface area contributed by atoms with Gasteiger partial charge in [0.2, 0.25) is 0 Å². The van der Waals surface area contributed by atoms with Gasteiger partial charge in [-0.05, 0) is 74.9 Å². The van der Waals surface area contributed by atoms with Crippen molar-refractivity contribution in [2.45, 2.75) is 52.3 Å². The monoisotopic (exact) mass is 334 g/mol. The fraction of sp³-hybridized carbons (Fsp3) is 0.400. The maximum atomic E-state index is 6.81. The van der Waals surface area contributed by atoms with Crippen molar-refractivity contribution in [3.63, 3.8) is 0 Å². The van der Waals surface area contributed by atoms with E-state index in [4.69, 9.17) is 23.2 Å². The Morgan fingerprint density at radius 2 is 0.773 bits per heavy atom. The van der Waals surface area contributed by atoms with Crippen molar-refractivity contribution in [2.75, 3.05) is 0 Å². The first-order valence-corrected chi connectivity index (χ1v) is 8.53. The van der Waals surface area contributed by atoms with Gasteiger partial charge in [-0.3, -0.25) is 0 Å². The highest BCUT2D eigenvalue weighted by Crippen LogP contribution is 2.44. The molecule has 0 spiro atoms. The standard InChI is InChI=1S/C20H24Cl2/c1-11-7-13(3)17(14(4)8-11)19(21)20(22)18-15(5)9-12(2)10-16(18)6/h7-10,19-20H,1-6H3/t19-,20+. The summed E-state index contributed by atoms with van der Waals surface area (Å²) in [6.45, 7) is 12.7. The van der Waals surface area contributed by atoms with Crippen LogP contribution < -0.4 is 0 Å². The van der Waals surface area contributed by atoms with Gasteiger partial charge in [0.1, 0.15) is 0 Å². The first-order valence-electron chi connectivity index (χ1n) is 7.66. The molecule has 0 N–H and O–H groups in total. The molecule has 0 radical (unpaired) electrons. The minimum atomic E-state index is -0.234. The van der Waals surface area contributed by atoms with Crippen molar-refractivity contribution in [3.05, 3.63) is 68.8 Å². The molecule has 0 aliphatic heterocycles. The second kappa shape index (κ2) is 6.64. The average Bonchev–Trinajstić information content (AvgIpc) is 2.35. The van der Waals surface area contributed by atoms with E-state index in [0.717, 1.165) is 11.1 Å². The Morgan fingerprint density at radius 1 is 0.545 bits per heavy atom. The molecule has 0 aliphatic rings. The van der Waals surface area contributed by atoms with Gasteiger partial charge in [-0.1, -0.05) is 35.4 Å². The van der Waals surface area contributed by atoms with Gasteiger partial charge in [0, 0.05) is 0 Å². The van der Waals surface area contributed by atoms with E-state index in [2.05, 4.69) is 65.8 Å². The van der Waals surface area contributed by atoms with Crippen molar-refractivity contribution in [1.82, 2.24) is 0 Å². The Labute approximate surface area is 144 Å². The summed E-state index contributed by atoms with van der Waals surface area (Å²) in [6.07, 6.45) is 0. The van der Waals surface area contributed by atoms with E-state index in [1.165, 1.54) is 33.4 Å². The maximum absolute atomic E-state index is 6.81. The van der Waals surface area contributed by atoms with Crippen LogP contribution in [0.1, 0.15) is 55.3 Å². The predicted octanol–water partition coefficient (Wildman–Crippen LogP) is 6.80. The summed E-state index contributed by atoms with van der Waals surface area (Å²) in [7, 11) is 0. The largest absolute Gasteiger partial charge is 0.116 e. The van der Waals surface area contributed by atoms with Crippen LogP contribution in [0.15, 0.2) is 24.3 Å². The normalized spacial score (nSPS) is 14.0. The van der Waals surface area contributed by atoms with E-state index in [-0.39, 0.29) is 10.8 Å². The van der Waals surface area contributed by atoms with Crippen molar-refractivity contribution in [1.29, 1.82) is 0 Å². The van der Waals surface area contributed by atoms with Crippen LogP contribution >= 0.6 is 23.2 Å². The Bertz CT molecular complexity index is 593. The molecular formula is C20H24Cl2. The Kier molecular flexibility index (Phi) is 5.25. The summed E-state index contributed by atoms with van der Waals surface area (Å²) in [5.74, 6) is 0. The Hall–Kier alpha value is -0.980. The molecule has 2 rings (SSSR count). The average molecular weight is 335 g/mol. The summed E-state index contributed by atoms with van der Waals surface area (Å²) < 4.78 is 0. The first-order chi connectivity index (χ1) is 10.2. The molecule has 0 aromatic heterocycles. The van der Waals surface area contributed by atoms with Gasteiger partial charge < -0.3 is 0 Å². The predicted molar refractivity (Wildman–Crippen MR) is 98.5 cm³/mol. The van der Waals surface area contributed by atoms with Gasteiger partial charge in [0.05, 0.1) is 10.8 Å². The lowest BCUT2D eigenvalue weighted by molar-refractivity contribution is 0.848. The van der Waals surface area contributed by atoms with Crippen molar-refractivity contribution < 1.29 is 0 Å². The van der Waals surface area contributed by atoms with Crippen LogP contribution in [0, 0.1) is 41.5 Å². The number of hydrogen-bond donors (Lipinski definition) is 0. The highest BCUT2D eigenvalue weighted by molar-refractivity contribution is 6.30. The highest BCUT2D eigenvalue weighted by atomic mass is 35.5. The summed E-state index contributed by atoms with van der Waals surface area (Å²) in [5, 5.41) is -0.468. The third-order valence-electron chi connectivity index (χ3n) is 4.28. The van der Waals surface area contributed by atoms with Crippen LogP contribution in [-0.4, -0.2) is 0 Å². The molecule has 0 amide bonds. The summed E-state index contributed by atoms with van der Waals surface area (Å²) in [4.78, 5) is 0. The molecule has 0 fully saturated rings. The summed E-state index contributed by atoms with van der Waals surface area (Å²) >= 11 is 13.6. The number of benzene rings is 2. The van der Waals surface area contributed by atoms with E-state index in [9.17, 15) is 0 Å². The van der Waals surface area contributed by atoms with Crippen molar-refractivity contribution in [2.24, 2.45) is 0 Å². The molecule has 118 valence electrons. The number of halogens is 2. The van der Waals surface area contributed by atoms with E-state index >= 15 is 0 Å². The minimum Gasteiger partial charge on any atom is -0.116 e. The van der Waals surface area contributed by atoms with Gasteiger partial charge in [-0.25, -0.2) is 0 Å². The number of alkyl halides is 2. The molecule has 2 aromatic rings. The van der Waals surface area contributed by atoms with Crippen molar-refractivity contribution in [3.8, 4) is 0 Å². The van der Waals surface area contributed by atoms with Crippen LogP contribution in [-0.2, 0) is 0 Å². The van der Waals surface area contributed by atoms with Crippen LogP contribution in [0.2, 0.25) is 0 Å². The molecule has 0 unspecified atom stereocenters. The molecular weight excluding hydrogens is 311 g/mol. The fourth-order valence-electron chi connectivity index (χ4n) is 3.55. The Balaban J connectivity index is 2.49. The van der Waals surface area contributed by atoms with Crippen LogP contribution in [0.3, 0.4) is 0 Å². The first kappa shape index (κ1) is 17.4. The topological polar surface area (TPSA) is 0 Å². The van der Waals surface area contributed by atoms with Gasteiger partial charge in [0.15, 0.2) is 0 Å². The second-order valence-electron chi connectivity index (χ2n) is 6.43. The highest BCUT2D eigenvalue weighted by Gasteiger charge is 2.26. The minimum absolute atomic E-state index is 0.234. The lowest BCUT2D eigenvalue weighted by atomic mass is 9.90. The zero-order valence-corrected chi connectivity index (χ0v) is 15.7. The quantitative estimate of drug-likeness (QED) is 0.541. The molecule has 2 heteroatoms. The van der Waals surface area contributed by atoms with E-state index < -0.39 is 0 Å². The van der Waals surface area contributed by atoms with E-state index in [1.54, 1.807) is 0 Å². The molecule has 0 saturated heterocycles. The fourth-order valence-corrected chi connectivity index (χ4v) is 4.49. The Morgan fingerprint density at radius 3 is 1.00 bits per heavy atom. The number of rotatable bonds is 3. The SMILES string of the molecule is Cc1cc(C)c([C@@H](Cl)[C@@H](Cl)c2c(C)cc(C)cc2C)c(C)c1. The molecule has 2 aromatic carbocycles. The molecule has 0 saturated carbocycles. The zero-order valence-electron chi connectivity index (χ0n) is 14.2. The molecule has 0 aliphatic carbocycles. The molecule has 0 bridgehead atoms. The van der Waals surface area contributed by atoms with Crippen LogP contribution in [0.25, 0.3) is 0 Å². The third-order valence-corrected chi connectivity index (χ3v) is 5.35. The van der Waals surface area contributed by atoms with Gasteiger partial charge in [-0.2, -0.15) is 0 Å². The van der Waals surface area contributed by atoms with E-state index in [0.29, 0.717) is 0 Å². The van der Waals surface area contributed by atoms with Crippen LogP contribution in [0.4, 0.5) is 0 Å². The van der Waals surface area contributed by atoms with E-state index in [1.807, 2.05) is 0 Å². The van der Waals surface area contributed by atoms with Gasteiger partial charge in [-0.15, -0.1) is 23.2 Å². The zero-order chi connectivity index (χ0) is 16.6. The molecule has 0 heterocycles.